The molecule has 0 aliphatic heterocycles. The van der Waals surface area contributed by atoms with E-state index in [0.717, 1.165) is 38.5 Å². The maximum Gasteiger partial charge on any atom is 0.267 e. The van der Waals surface area contributed by atoms with Crippen LogP contribution < -0.4 is 0 Å². The zero-order chi connectivity index (χ0) is 21.8. The maximum atomic E-state index is 11.6. The van der Waals surface area contributed by atoms with Crippen molar-refractivity contribution in [3.05, 3.63) is 0 Å². The molecule has 0 spiro atoms. The van der Waals surface area contributed by atoms with Crippen molar-refractivity contribution in [2.24, 2.45) is 0 Å². The first-order valence-electron chi connectivity index (χ1n) is 12.6. The summed E-state index contributed by atoms with van der Waals surface area (Å²) in [5, 5.41) is 9.38. The van der Waals surface area contributed by atoms with Crippen molar-refractivity contribution in [1.29, 1.82) is 0 Å². The number of aliphatic hydroxyl groups is 1. The fourth-order valence-electron chi connectivity index (χ4n) is 4.01. The quantitative estimate of drug-likeness (QED) is 0.137. The first-order valence-corrected chi connectivity index (χ1v) is 14.1. The highest BCUT2D eigenvalue weighted by Gasteiger charge is 2.25. The van der Waals surface area contributed by atoms with Gasteiger partial charge in [0.1, 0.15) is 0 Å². The summed E-state index contributed by atoms with van der Waals surface area (Å²) < 4.78 is 32.6. The average molecular weight is 435 g/mol. The van der Waals surface area contributed by atoms with Crippen LogP contribution in [0, 0.1) is 0 Å². The summed E-state index contributed by atoms with van der Waals surface area (Å²) in [4.78, 5) is 0. The molecule has 0 heterocycles. The molecular formula is C24H50O4S. The Labute approximate surface area is 182 Å². The maximum absolute atomic E-state index is 11.6. The summed E-state index contributed by atoms with van der Waals surface area (Å²) in [6, 6.07) is 0. The third kappa shape index (κ3) is 19.6. The van der Waals surface area contributed by atoms with Gasteiger partial charge in [0.2, 0.25) is 0 Å². The molecule has 5 heteroatoms. The molecular weight excluding hydrogens is 384 g/mol. The fourth-order valence-corrected chi connectivity index (χ4v) is 4.94. The smallest absolute Gasteiger partial charge is 0.267 e. The Kier molecular flexibility index (Phi) is 19.7. The van der Waals surface area contributed by atoms with E-state index >= 15 is 0 Å². The number of rotatable bonds is 22. The Bertz CT molecular complexity index is 436. The first kappa shape index (κ1) is 28.9. The van der Waals surface area contributed by atoms with E-state index in [1.807, 2.05) is 0 Å². The van der Waals surface area contributed by atoms with Crippen molar-refractivity contribution in [3.63, 3.8) is 0 Å². The summed E-state index contributed by atoms with van der Waals surface area (Å²) >= 11 is 0. The van der Waals surface area contributed by atoms with Gasteiger partial charge in [-0.15, -0.1) is 0 Å². The zero-order valence-electron chi connectivity index (χ0n) is 19.4. The summed E-state index contributed by atoms with van der Waals surface area (Å²) in [5.74, 6) is 0. The Morgan fingerprint density at radius 2 is 0.931 bits per heavy atom. The molecule has 0 aromatic carbocycles. The molecule has 0 rings (SSSR count). The Hall–Kier alpha value is -0.130. The molecule has 0 aliphatic rings. The zero-order valence-corrected chi connectivity index (χ0v) is 20.2. The Balaban J connectivity index is 3.64. The topological polar surface area (TPSA) is 74.6 Å². The number of unbranched alkanes of at least 4 members (excludes halogenated alkanes) is 15. The van der Waals surface area contributed by atoms with Crippen LogP contribution >= 0.6 is 0 Å². The van der Waals surface area contributed by atoms with Crippen molar-refractivity contribution < 1.29 is 18.1 Å². The molecule has 0 aromatic rings. The molecule has 0 radical (unpaired) electrons. The number of aliphatic hydroxyl groups excluding tert-OH is 1. The predicted molar refractivity (Wildman–Crippen MR) is 125 cm³/mol. The van der Waals surface area contributed by atoms with E-state index in [2.05, 4.69) is 13.8 Å². The van der Waals surface area contributed by atoms with Crippen LogP contribution in [0.25, 0.3) is 0 Å². The van der Waals surface area contributed by atoms with Gasteiger partial charge < -0.3 is 5.11 Å². The molecule has 2 N–H and O–H groups in total. The van der Waals surface area contributed by atoms with Gasteiger partial charge in [-0.2, -0.15) is 8.42 Å². The van der Waals surface area contributed by atoms with Gasteiger partial charge >= 0.3 is 0 Å². The molecule has 0 aromatic heterocycles. The summed E-state index contributed by atoms with van der Waals surface area (Å²) in [7, 11) is -4.06. The molecule has 0 aliphatic carbocycles. The van der Waals surface area contributed by atoms with E-state index in [4.69, 9.17) is 0 Å². The van der Waals surface area contributed by atoms with Gasteiger partial charge in [0, 0.05) is 0 Å². The minimum atomic E-state index is -4.06. The molecule has 2 unspecified atom stereocenters. The van der Waals surface area contributed by atoms with Gasteiger partial charge in [-0.05, 0) is 19.3 Å². The second kappa shape index (κ2) is 19.8. The SMILES string of the molecule is CCCCCCCCCCCCCCCC(O)CC(CCCCCC)S(=O)(=O)O. The molecule has 4 nitrogen and oxygen atoms in total. The van der Waals surface area contributed by atoms with Crippen LogP contribution in [0.1, 0.15) is 142 Å². The molecule has 0 bridgehead atoms. The second-order valence-corrected chi connectivity index (χ2v) is 10.6. The molecule has 29 heavy (non-hydrogen) atoms. The van der Waals surface area contributed by atoms with Crippen molar-refractivity contribution >= 4 is 10.1 Å². The van der Waals surface area contributed by atoms with Gasteiger partial charge in [0.05, 0.1) is 11.4 Å². The highest BCUT2D eigenvalue weighted by atomic mass is 32.2. The monoisotopic (exact) mass is 434 g/mol. The van der Waals surface area contributed by atoms with Crippen LogP contribution in [-0.2, 0) is 10.1 Å². The predicted octanol–water partition coefficient (Wildman–Crippen LogP) is 7.45. The highest BCUT2D eigenvalue weighted by Crippen LogP contribution is 2.20. The number of hydrogen-bond donors (Lipinski definition) is 2. The first-order chi connectivity index (χ1) is 13.9. The lowest BCUT2D eigenvalue weighted by Crippen LogP contribution is -2.26. The van der Waals surface area contributed by atoms with E-state index in [9.17, 15) is 18.1 Å². The van der Waals surface area contributed by atoms with E-state index in [-0.39, 0.29) is 6.42 Å². The minimum Gasteiger partial charge on any atom is -0.393 e. The molecule has 0 saturated heterocycles. The van der Waals surface area contributed by atoms with Crippen LogP contribution in [0.4, 0.5) is 0 Å². The summed E-state index contributed by atoms with van der Waals surface area (Å²) in [6.07, 6.45) is 21.3. The molecule has 176 valence electrons. The largest absolute Gasteiger partial charge is 0.393 e. The molecule has 0 saturated carbocycles. The van der Waals surface area contributed by atoms with Crippen LogP contribution in [0.2, 0.25) is 0 Å². The van der Waals surface area contributed by atoms with Crippen LogP contribution in [0.5, 0.6) is 0 Å². The summed E-state index contributed by atoms with van der Waals surface area (Å²) in [5.41, 5.74) is 0. The second-order valence-electron chi connectivity index (χ2n) is 8.91. The van der Waals surface area contributed by atoms with Crippen molar-refractivity contribution in [3.8, 4) is 0 Å². The lowest BCUT2D eigenvalue weighted by atomic mass is 10.0. The Morgan fingerprint density at radius 3 is 1.34 bits per heavy atom. The third-order valence-electron chi connectivity index (χ3n) is 5.98. The van der Waals surface area contributed by atoms with E-state index < -0.39 is 21.5 Å². The van der Waals surface area contributed by atoms with Gasteiger partial charge in [-0.3, -0.25) is 4.55 Å². The van der Waals surface area contributed by atoms with E-state index in [1.54, 1.807) is 0 Å². The molecule has 2 atom stereocenters. The van der Waals surface area contributed by atoms with Crippen molar-refractivity contribution in [2.75, 3.05) is 0 Å². The third-order valence-corrected chi connectivity index (χ3v) is 7.25. The van der Waals surface area contributed by atoms with Crippen LogP contribution in [0.3, 0.4) is 0 Å². The van der Waals surface area contributed by atoms with Crippen molar-refractivity contribution in [2.45, 2.75) is 154 Å². The fraction of sp³-hybridized carbons (Fsp3) is 1.00. The van der Waals surface area contributed by atoms with Gasteiger partial charge in [0.25, 0.3) is 10.1 Å². The van der Waals surface area contributed by atoms with Gasteiger partial charge in [-0.1, -0.05) is 123 Å². The molecule has 0 amide bonds. The van der Waals surface area contributed by atoms with E-state index in [0.29, 0.717) is 12.8 Å². The normalized spacial score (nSPS) is 14.2. The summed E-state index contributed by atoms with van der Waals surface area (Å²) in [6.45, 7) is 4.37. The van der Waals surface area contributed by atoms with Crippen LogP contribution in [-0.4, -0.2) is 29.4 Å². The van der Waals surface area contributed by atoms with Crippen molar-refractivity contribution in [1.82, 2.24) is 0 Å². The lowest BCUT2D eigenvalue weighted by Gasteiger charge is -2.18. The highest BCUT2D eigenvalue weighted by molar-refractivity contribution is 7.86. The standard InChI is InChI=1S/C24H50O4S/c1-3-5-7-9-10-11-12-13-14-15-16-17-18-20-23(25)22-24(29(26,27)28)21-19-8-6-4-2/h23-25H,3-22H2,1-2H3,(H,26,27,28). The van der Waals surface area contributed by atoms with Gasteiger partial charge in [-0.25, -0.2) is 0 Å². The molecule has 0 fully saturated rings. The number of hydrogen-bond acceptors (Lipinski definition) is 3. The van der Waals surface area contributed by atoms with Crippen LogP contribution in [0.15, 0.2) is 0 Å². The van der Waals surface area contributed by atoms with E-state index in [1.165, 1.54) is 70.6 Å². The Morgan fingerprint density at radius 1 is 0.586 bits per heavy atom. The van der Waals surface area contributed by atoms with Gasteiger partial charge in [0.15, 0.2) is 0 Å². The average Bonchev–Trinajstić information content (AvgIpc) is 2.67. The minimum absolute atomic E-state index is 0.170. The lowest BCUT2D eigenvalue weighted by molar-refractivity contribution is 0.146.